The van der Waals surface area contributed by atoms with E-state index in [0.29, 0.717) is 24.4 Å². The summed E-state index contributed by atoms with van der Waals surface area (Å²) in [5, 5.41) is 1.72. The number of amides is 1. The minimum absolute atomic E-state index is 0.00291. The lowest BCUT2D eigenvalue weighted by Crippen LogP contribution is -2.34. The molecule has 7 heteroatoms. The number of nitrogens with zero attached hydrogens (tertiary/aromatic N) is 4. The zero-order valence-electron chi connectivity index (χ0n) is 19.2. The van der Waals surface area contributed by atoms with Crippen molar-refractivity contribution < 1.29 is 14.3 Å². The molecule has 0 atom stereocenters. The molecule has 0 saturated carbocycles. The summed E-state index contributed by atoms with van der Waals surface area (Å²) in [6, 6.07) is 5.51. The van der Waals surface area contributed by atoms with Gasteiger partial charge >= 0.3 is 6.09 Å². The number of aryl methyl sites for hydroxylation is 1. The molecule has 0 N–H and O–H groups in total. The van der Waals surface area contributed by atoms with E-state index < -0.39 is 11.7 Å². The molecule has 0 fully saturated rings. The van der Waals surface area contributed by atoms with E-state index >= 15 is 0 Å². The first-order valence-corrected chi connectivity index (χ1v) is 10.4. The van der Waals surface area contributed by atoms with Crippen LogP contribution in [0.3, 0.4) is 0 Å². The summed E-state index contributed by atoms with van der Waals surface area (Å²) in [6.45, 7) is 11.0. The van der Waals surface area contributed by atoms with E-state index in [0.717, 1.165) is 27.6 Å². The minimum atomic E-state index is -0.587. The Morgan fingerprint density at radius 1 is 1.06 bits per heavy atom. The van der Waals surface area contributed by atoms with Gasteiger partial charge in [-0.1, -0.05) is 6.08 Å². The quantitative estimate of drug-likeness (QED) is 0.377. The first-order valence-electron chi connectivity index (χ1n) is 10.4. The standard InChI is InChI=1S/C25H28N4O3/c1-7-8-9-22(30)21-10-16(2)19(15-27-21)20-11-17-14-28-23(12-18(17)13-26-20)29(6)24(31)32-25(3,4)5/h7,10-15H,1,8-9H2,2-6H3. The van der Waals surface area contributed by atoms with E-state index in [4.69, 9.17) is 4.74 Å². The van der Waals surface area contributed by atoms with Crippen LogP contribution in [0, 0.1) is 6.92 Å². The average Bonchev–Trinajstić information content (AvgIpc) is 2.75. The van der Waals surface area contributed by atoms with Gasteiger partial charge in [0.25, 0.3) is 0 Å². The Kier molecular flexibility index (Phi) is 6.67. The summed E-state index contributed by atoms with van der Waals surface area (Å²) >= 11 is 0. The fraction of sp³-hybridized carbons (Fsp3) is 0.320. The number of hydrogen-bond donors (Lipinski definition) is 0. The van der Waals surface area contributed by atoms with Gasteiger partial charge in [0.1, 0.15) is 17.1 Å². The van der Waals surface area contributed by atoms with Gasteiger partial charge in [0.15, 0.2) is 5.78 Å². The Hall–Kier alpha value is -3.61. The molecule has 3 heterocycles. The fourth-order valence-corrected chi connectivity index (χ4v) is 3.12. The van der Waals surface area contributed by atoms with Crippen molar-refractivity contribution in [2.24, 2.45) is 0 Å². The predicted molar refractivity (Wildman–Crippen MR) is 126 cm³/mol. The van der Waals surface area contributed by atoms with Crippen molar-refractivity contribution in [2.45, 2.75) is 46.1 Å². The van der Waals surface area contributed by atoms with E-state index in [2.05, 4.69) is 21.5 Å². The Labute approximate surface area is 188 Å². The smallest absolute Gasteiger partial charge is 0.415 e. The van der Waals surface area contributed by atoms with Gasteiger partial charge in [0.2, 0.25) is 0 Å². The topological polar surface area (TPSA) is 85.3 Å². The molecule has 0 aliphatic carbocycles. The lowest BCUT2D eigenvalue weighted by atomic mass is 10.0. The van der Waals surface area contributed by atoms with Gasteiger partial charge in [0.05, 0.1) is 5.69 Å². The number of Topliss-reactive ketones (excluding diaryl/α,β-unsaturated/α-hetero) is 1. The van der Waals surface area contributed by atoms with E-state index in [1.54, 1.807) is 43.8 Å². The number of carbonyl (C=O) groups is 2. The van der Waals surface area contributed by atoms with Crippen LogP contribution >= 0.6 is 0 Å². The lowest BCUT2D eigenvalue weighted by Gasteiger charge is -2.24. The van der Waals surface area contributed by atoms with Crippen molar-refractivity contribution in [3.05, 3.63) is 60.7 Å². The average molecular weight is 433 g/mol. The molecule has 0 spiro atoms. The van der Waals surface area contributed by atoms with Gasteiger partial charge in [-0.25, -0.2) is 9.78 Å². The number of allylic oxidation sites excluding steroid dienone is 1. The fourth-order valence-electron chi connectivity index (χ4n) is 3.12. The van der Waals surface area contributed by atoms with Crippen LogP contribution in [0.15, 0.2) is 49.4 Å². The van der Waals surface area contributed by atoms with Crippen LogP contribution in [-0.4, -0.2) is 39.5 Å². The van der Waals surface area contributed by atoms with Crippen molar-refractivity contribution in [1.82, 2.24) is 15.0 Å². The van der Waals surface area contributed by atoms with E-state index in [1.807, 2.05) is 33.8 Å². The van der Waals surface area contributed by atoms with Crippen molar-refractivity contribution >= 4 is 28.5 Å². The van der Waals surface area contributed by atoms with Gasteiger partial charge in [-0.15, -0.1) is 6.58 Å². The molecular formula is C25H28N4O3. The van der Waals surface area contributed by atoms with Crippen molar-refractivity contribution in [3.63, 3.8) is 0 Å². The first kappa shape index (κ1) is 23.1. The molecular weight excluding hydrogens is 404 g/mol. The maximum atomic E-state index is 12.3. The molecule has 0 bridgehead atoms. The Morgan fingerprint density at radius 3 is 2.41 bits per heavy atom. The van der Waals surface area contributed by atoms with Crippen molar-refractivity contribution in [3.8, 4) is 11.3 Å². The number of ketones is 1. The van der Waals surface area contributed by atoms with Crippen LogP contribution in [0.5, 0.6) is 0 Å². The van der Waals surface area contributed by atoms with Crippen LogP contribution in [0.25, 0.3) is 22.0 Å². The second-order valence-corrected chi connectivity index (χ2v) is 8.63. The maximum absolute atomic E-state index is 12.3. The van der Waals surface area contributed by atoms with Crippen LogP contribution in [-0.2, 0) is 4.74 Å². The molecule has 166 valence electrons. The van der Waals surface area contributed by atoms with Crippen LogP contribution < -0.4 is 4.90 Å². The number of hydrogen-bond acceptors (Lipinski definition) is 6. The summed E-state index contributed by atoms with van der Waals surface area (Å²) in [5.41, 5.74) is 2.37. The highest BCUT2D eigenvalue weighted by atomic mass is 16.6. The maximum Gasteiger partial charge on any atom is 0.415 e. The third-order valence-electron chi connectivity index (χ3n) is 4.85. The normalized spacial score (nSPS) is 11.3. The second kappa shape index (κ2) is 9.26. The minimum Gasteiger partial charge on any atom is -0.443 e. The molecule has 0 unspecified atom stereocenters. The van der Waals surface area contributed by atoms with Gasteiger partial charge in [0, 0.05) is 48.4 Å². The monoisotopic (exact) mass is 432 g/mol. The van der Waals surface area contributed by atoms with E-state index in [-0.39, 0.29) is 5.78 Å². The molecule has 0 aliphatic rings. The van der Waals surface area contributed by atoms with Crippen LogP contribution in [0.1, 0.15) is 49.7 Å². The molecule has 7 nitrogen and oxygen atoms in total. The molecule has 3 rings (SSSR count). The molecule has 0 aliphatic heterocycles. The largest absolute Gasteiger partial charge is 0.443 e. The predicted octanol–water partition coefficient (Wildman–Crippen LogP) is 5.52. The molecule has 3 aromatic rings. The van der Waals surface area contributed by atoms with Crippen molar-refractivity contribution in [2.75, 3.05) is 11.9 Å². The van der Waals surface area contributed by atoms with Gasteiger partial charge < -0.3 is 4.74 Å². The summed E-state index contributed by atoms with van der Waals surface area (Å²) in [5.74, 6) is 0.471. The molecule has 1 amide bonds. The highest BCUT2D eigenvalue weighted by Crippen LogP contribution is 2.26. The molecule has 0 saturated heterocycles. The summed E-state index contributed by atoms with van der Waals surface area (Å²) in [6.07, 6.45) is 7.40. The second-order valence-electron chi connectivity index (χ2n) is 8.63. The van der Waals surface area contributed by atoms with E-state index in [9.17, 15) is 9.59 Å². The lowest BCUT2D eigenvalue weighted by molar-refractivity contribution is 0.0588. The number of fused-ring (bicyclic) bond motifs is 1. The van der Waals surface area contributed by atoms with Gasteiger partial charge in [-0.05, 0) is 57.9 Å². The highest BCUT2D eigenvalue weighted by molar-refractivity contribution is 5.95. The zero-order chi connectivity index (χ0) is 23.5. The first-order chi connectivity index (χ1) is 15.1. The Morgan fingerprint density at radius 2 is 1.75 bits per heavy atom. The van der Waals surface area contributed by atoms with Crippen LogP contribution in [0.4, 0.5) is 10.6 Å². The zero-order valence-corrected chi connectivity index (χ0v) is 19.2. The summed E-state index contributed by atoms with van der Waals surface area (Å²) < 4.78 is 5.40. The Bertz CT molecular complexity index is 1180. The van der Waals surface area contributed by atoms with E-state index in [1.165, 1.54) is 4.90 Å². The summed E-state index contributed by atoms with van der Waals surface area (Å²) in [4.78, 5) is 39.2. The number of pyridine rings is 3. The number of aromatic nitrogens is 3. The third kappa shape index (κ3) is 5.35. The SMILES string of the molecule is C=CCCC(=O)c1cc(C)c(-c2cc3cnc(N(C)C(=O)OC(C)(C)C)cc3cn2)cn1. The molecule has 3 aromatic heterocycles. The van der Waals surface area contributed by atoms with Crippen LogP contribution in [0.2, 0.25) is 0 Å². The van der Waals surface area contributed by atoms with Crippen molar-refractivity contribution in [1.29, 1.82) is 0 Å². The number of carbonyl (C=O) groups excluding carboxylic acids is 2. The number of anilines is 1. The Balaban J connectivity index is 1.86. The third-order valence-corrected chi connectivity index (χ3v) is 4.85. The molecule has 0 radical (unpaired) electrons. The number of ether oxygens (including phenoxy) is 1. The van der Waals surface area contributed by atoms with Gasteiger partial charge in [-0.2, -0.15) is 0 Å². The molecule has 32 heavy (non-hydrogen) atoms. The van der Waals surface area contributed by atoms with Gasteiger partial charge in [-0.3, -0.25) is 19.7 Å². The summed E-state index contributed by atoms with van der Waals surface area (Å²) in [7, 11) is 1.62. The molecule has 0 aromatic carbocycles. The highest BCUT2D eigenvalue weighted by Gasteiger charge is 2.21. The number of rotatable bonds is 6.